The first kappa shape index (κ1) is 24.5. The van der Waals surface area contributed by atoms with E-state index >= 15 is 0 Å². The molecule has 0 fully saturated rings. The van der Waals surface area contributed by atoms with Gasteiger partial charge >= 0.3 is 0 Å². The lowest BCUT2D eigenvalue weighted by atomic mass is 10.1. The van der Waals surface area contributed by atoms with Crippen LogP contribution in [0.4, 0.5) is 0 Å². The van der Waals surface area contributed by atoms with Crippen molar-refractivity contribution >= 4 is 49.0 Å². The van der Waals surface area contributed by atoms with Gasteiger partial charge in [-0.1, -0.05) is 24.3 Å². The average molecular weight is 515 g/mol. The number of hydrogen-bond acceptors (Lipinski definition) is 9. The second-order valence-electron chi connectivity index (χ2n) is 7.43. The fourth-order valence-corrected chi connectivity index (χ4v) is 4.82. The molecule has 35 heavy (non-hydrogen) atoms. The summed E-state index contributed by atoms with van der Waals surface area (Å²) in [7, 11) is -2.09. The van der Waals surface area contributed by atoms with Gasteiger partial charge in [-0.2, -0.15) is 10.0 Å². The van der Waals surface area contributed by atoms with Gasteiger partial charge in [0.25, 0.3) is 5.91 Å². The lowest BCUT2D eigenvalue weighted by Crippen LogP contribution is -2.35. The Balaban J connectivity index is 1.43. The van der Waals surface area contributed by atoms with Gasteiger partial charge in [0.1, 0.15) is 5.75 Å². The van der Waals surface area contributed by atoms with Crippen LogP contribution in [0, 0.1) is 5.41 Å². The summed E-state index contributed by atoms with van der Waals surface area (Å²) in [6.45, 7) is 0.916. The molecule has 0 saturated heterocycles. The maximum atomic E-state index is 12.5. The van der Waals surface area contributed by atoms with Gasteiger partial charge in [-0.15, -0.1) is 5.10 Å². The van der Waals surface area contributed by atoms with Gasteiger partial charge in [-0.05, 0) is 47.7 Å². The lowest BCUT2D eigenvalue weighted by molar-refractivity contribution is -0.114. The number of hydrazone groups is 1. The van der Waals surface area contributed by atoms with Crippen molar-refractivity contribution in [1.29, 1.82) is 5.41 Å². The Kier molecular flexibility index (Phi) is 7.22. The fraction of sp³-hybridized carbons (Fsp3) is 0.217. The lowest BCUT2D eigenvalue weighted by Gasteiger charge is -2.20. The first-order valence-corrected chi connectivity index (χ1v) is 13.2. The SMILES string of the molecule is COc1cc(C=C2C(=N)N3N=C(S(C)(=O)=O)SC3=NC2=O)ccc1OCCCOc1ccccc1. The quantitative estimate of drug-likeness (QED) is 0.420. The Morgan fingerprint density at radius 3 is 2.54 bits per heavy atom. The van der Waals surface area contributed by atoms with Gasteiger partial charge in [0.15, 0.2) is 17.3 Å². The molecule has 182 valence electrons. The van der Waals surface area contributed by atoms with Crippen molar-refractivity contribution < 1.29 is 27.4 Å². The second kappa shape index (κ2) is 10.3. The number of carbonyl (C=O) groups excluding carboxylic acids is 1. The Morgan fingerprint density at radius 1 is 1.09 bits per heavy atom. The number of carbonyl (C=O) groups is 1. The summed E-state index contributed by atoms with van der Waals surface area (Å²) in [4.78, 5) is 16.4. The number of hydrogen-bond donors (Lipinski definition) is 1. The molecule has 0 aromatic heterocycles. The van der Waals surface area contributed by atoms with Crippen LogP contribution in [0.5, 0.6) is 17.2 Å². The van der Waals surface area contributed by atoms with Crippen LogP contribution in [0.2, 0.25) is 0 Å². The molecule has 1 N–H and O–H groups in total. The Labute approximate surface area is 206 Å². The maximum absolute atomic E-state index is 12.5. The summed E-state index contributed by atoms with van der Waals surface area (Å²) < 4.78 is 40.2. The predicted octanol–water partition coefficient (Wildman–Crippen LogP) is 3.16. The molecule has 1 amide bonds. The molecule has 0 bridgehead atoms. The standard InChI is InChI=1S/C23H22N4O6S2/c1-31-19-14-15(9-10-18(19)33-12-6-11-32-16-7-4-3-5-8-16)13-17-20(24)27-22(25-21(17)28)34-23(26-27)35(2,29)30/h3-5,7-10,13-14,24H,6,11-12H2,1-2H3. The number of benzene rings is 2. The van der Waals surface area contributed by atoms with E-state index in [4.69, 9.17) is 19.6 Å². The van der Waals surface area contributed by atoms with E-state index in [0.29, 0.717) is 36.7 Å². The first-order chi connectivity index (χ1) is 16.8. The van der Waals surface area contributed by atoms with Gasteiger partial charge < -0.3 is 14.2 Å². The van der Waals surface area contributed by atoms with E-state index in [1.54, 1.807) is 18.2 Å². The van der Waals surface area contributed by atoms with Crippen LogP contribution < -0.4 is 14.2 Å². The van der Waals surface area contributed by atoms with Crippen LogP contribution in [-0.2, 0) is 14.6 Å². The number of sulfone groups is 1. The smallest absolute Gasteiger partial charge is 0.283 e. The zero-order valence-corrected chi connectivity index (χ0v) is 20.6. The zero-order valence-electron chi connectivity index (χ0n) is 18.9. The number of nitrogens with one attached hydrogen (secondary N) is 1. The van der Waals surface area contributed by atoms with Gasteiger partial charge in [0, 0.05) is 12.7 Å². The summed E-state index contributed by atoms with van der Waals surface area (Å²) in [6, 6.07) is 14.6. The topological polar surface area (TPSA) is 131 Å². The number of rotatable bonds is 8. The molecule has 2 aliphatic heterocycles. The summed E-state index contributed by atoms with van der Waals surface area (Å²) in [5.74, 6) is 0.863. The molecule has 0 saturated carbocycles. The van der Waals surface area contributed by atoms with Crippen molar-refractivity contribution in [2.24, 2.45) is 10.1 Å². The number of fused-ring (bicyclic) bond motifs is 1. The van der Waals surface area contributed by atoms with Gasteiger partial charge in [-0.3, -0.25) is 10.2 Å². The Morgan fingerprint density at radius 2 is 1.83 bits per heavy atom. The highest BCUT2D eigenvalue weighted by Crippen LogP contribution is 2.32. The van der Waals surface area contributed by atoms with Crippen molar-refractivity contribution in [1.82, 2.24) is 5.01 Å². The van der Waals surface area contributed by atoms with Gasteiger partial charge in [0.05, 0.1) is 25.9 Å². The molecule has 0 unspecified atom stereocenters. The number of thioether (sulfide) groups is 1. The van der Waals surface area contributed by atoms with Crippen molar-refractivity contribution in [2.75, 3.05) is 26.6 Å². The molecular weight excluding hydrogens is 492 g/mol. The number of amidine groups is 2. The normalized spacial score (nSPS) is 16.6. The van der Waals surface area contributed by atoms with Gasteiger partial charge in [-0.25, -0.2) is 8.42 Å². The summed E-state index contributed by atoms with van der Waals surface area (Å²) >= 11 is 0.739. The highest BCUT2D eigenvalue weighted by atomic mass is 32.3. The molecule has 2 aromatic rings. The van der Waals surface area contributed by atoms with Gasteiger partial charge in [0.2, 0.25) is 19.4 Å². The fourth-order valence-electron chi connectivity index (χ4n) is 3.13. The van der Waals surface area contributed by atoms with E-state index in [9.17, 15) is 13.2 Å². The molecule has 2 aliphatic rings. The molecular formula is C23H22N4O6S2. The first-order valence-electron chi connectivity index (χ1n) is 10.5. The highest BCUT2D eigenvalue weighted by molar-refractivity contribution is 8.42. The van der Waals surface area contributed by atoms with Crippen LogP contribution in [0.15, 0.2) is 64.2 Å². The van der Waals surface area contributed by atoms with Crippen molar-refractivity contribution in [3.8, 4) is 17.2 Å². The molecule has 0 spiro atoms. The number of methoxy groups -OCH3 is 1. The molecule has 0 aliphatic carbocycles. The minimum atomic E-state index is -3.59. The number of nitrogens with zero attached hydrogens (tertiary/aromatic N) is 3. The molecule has 0 atom stereocenters. The summed E-state index contributed by atoms with van der Waals surface area (Å²) in [5.41, 5.74) is 0.550. The Bertz CT molecular complexity index is 1350. The van der Waals surface area contributed by atoms with Crippen LogP contribution in [0.25, 0.3) is 6.08 Å². The zero-order chi connectivity index (χ0) is 25.0. The number of amides is 1. The van der Waals surface area contributed by atoms with E-state index in [1.807, 2.05) is 30.3 Å². The Hall–Kier alpha value is -3.64. The van der Waals surface area contributed by atoms with Crippen LogP contribution >= 0.6 is 11.8 Å². The molecule has 4 rings (SSSR count). The third kappa shape index (κ3) is 5.72. The predicted molar refractivity (Wildman–Crippen MR) is 135 cm³/mol. The number of aliphatic imine (C=N–C) groups is 1. The highest BCUT2D eigenvalue weighted by Gasteiger charge is 2.38. The average Bonchev–Trinajstić information content (AvgIpc) is 3.27. The second-order valence-corrected chi connectivity index (χ2v) is 10.6. The molecule has 10 nitrogen and oxygen atoms in total. The molecule has 2 aromatic carbocycles. The molecule has 12 heteroatoms. The van der Waals surface area contributed by atoms with Crippen LogP contribution in [0.1, 0.15) is 12.0 Å². The molecule has 0 radical (unpaired) electrons. The third-order valence-electron chi connectivity index (χ3n) is 4.81. The van der Waals surface area contributed by atoms with E-state index in [-0.39, 0.29) is 21.0 Å². The monoisotopic (exact) mass is 514 g/mol. The number of para-hydroxylation sites is 1. The summed E-state index contributed by atoms with van der Waals surface area (Å²) in [5, 5.41) is 13.4. The maximum Gasteiger partial charge on any atom is 0.283 e. The van der Waals surface area contributed by atoms with Crippen LogP contribution in [-0.4, -0.2) is 61.3 Å². The summed E-state index contributed by atoms with van der Waals surface area (Å²) in [6.07, 6.45) is 3.15. The largest absolute Gasteiger partial charge is 0.493 e. The van der Waals surface area contributed by atoms with E-state index in [0.717, 1.165) is 28.8 Å². The van der Waals surface area contributed by atoms with E-state index in [2.05, 4.69) is 10.1 Å². The minimum absolute atomic E-state index is 0.0263. The van der Waals surface area contributed by atoms with E-state index < -0.39 is 15.7 Å². The van der Waals surface area contributed by atoms with E-state index in [1.165, 1.54) is 13.2 Å². The minimum Gasteiger partial charge on any atom is -0.493 e. The van der Waals surface area contributed by atoms with Crippen molar-refractivity contribution in [2.45, 2.75) is 6.42 Å². The van der Waals surface area contributed by atoms with Crippen LogP contribution in [0.3, 0.4) is 0 Å². The van der Waals surface area contributed by atoms with Crippen molar-refractivity contribution in [3.63, 3.8) is 0 Å². The number of ether oxygens (including phenoxy) is 3. The molecule has 2 heterocycles. The van der Waals surface area contributed by atoms with Crippen molar-refractivity contribution in [3.05, 3.63) is 59.7 Å². The third-order valence-corrected chi connectivity index (χ3v) is 7.39.